The van der Waals surface area contributed by atoms with E-state index in [-0.39, 0.29) is 0 Å². The third kappa shape index (κ3) is 2.56. The molecule has 2 heterocycles. The van der Waals surface area contributed by atoms with Gasteiger partial charge in [0.25, 0.3) is 0 Å². The zero-order valence-electron chi connectivity index (χ0n) is 10.4. The second-order valence-corrected chi connectivity index (χ2v) is 4.75. The number of aromatic nitrogens is 3. The molecule has 1 N–H and O–H groups in total. The fourth-order valence-corrected chi connectivity index (χ4v) is 1.85. The Hall–Kier alpha value is -1.75. The Morgan fingerprint density at radius 3 is 3.11 bits per heavy atom. The van der Waals surface area contributed by atoms with Gasteiger partial charge in [-0.05, 0) is 43.9 Å². The zero-order valence-corrected chi connectivity index (χ0v) is 10.4. The van der Waals surface area contributed by atoms with Crippen LogP contribution in [0, 0.1) is 12.8 Å². The van der Waals surface area contributed by atoms with Crippen LogP contribution < -0.4 is 5.32 Å². The number of rotatable bonds is 5. The van der Waals surface area contributed by atoms with Gasteiger partial charge in [0.1, 0.15) is 5.69 Å². The van der Waals surface area contributed by atoms with Crippen molar-refractivity contribution in [1.29, 1.82) is 0 Å². The topological polar surface area (TPSA) is 63.8 Å². The highest BCUT2D eigenvalue weighted by Crippen LogP contribution is 2.27. The molecule has 3 rings (SSSR count). The van der Waals surface area contributed by atoms with Gasteiger partial charge in [-0.3, -0.25) is 4.98 Å². The van der Waals surface area contributed by atoms with Crippen LogP contribution in [0.2, 0.25) is 0 Å². The maximum Gasteiger partial charge on any atom is 0.240 e. The van der Waals surface area contributed by atoms with Gasteiger partial charge >= 0.3 is 0 Å². The molecular formula is C13H16N4O. The van der Waals surface area contributed by atoms with Crippen molar-refractivity contribution in [2.24, 2.45) is 5.92 Å². The molecule has 2 aromatic heterocycles. The van der Waals surface area contributed by atoms with E-state index >= 15 is 0 Å². The molecule has 18 heavy (non-hydrogen) atoms. The van der Waals surface area contributed by atoms with Crippen molar-refractivity contribution >= 4 is 0 Å². The summed E-state index contributed by atoms with van der Waals surface area (Å²) in [5.41, 5.74) is 1.84. The second-order valence-electron chi connectivity index (χ2n) is 4.75. The van der Waals surface area contributed by atoms with E-state index in [0.717, 1.165) is 23.7 Å². The number of aryl methyl sites for hydroxylation is 1. The maximum atomic E-state index is 5.21. The van der Waals surface area contributed by atoms with E-state index < -0.39 is 0 Å². The molecule has 1 aliphatic rings. The average Bonchev–Trinajstić information content (AvgIpc) is 3.08. The summed E-state index contributed by atoms with van der Waals surface area (Å²) in [4.78, 5) is 8.63. The molecule has 0 spiro atoms. The Bertz CT molecular complexity index is 533. The molecule has 5 nitrogen and oxygen atoms in total. The third-order valence-electron chi connectivity index (χ3n) is 3.10. The van der Waals surface area contributed by atoms with Gasteiger partial charge in [0, 0.05) is 6.20 Å². The molecule has 0 unspecified atom stereocenters. The lowest BCUT2D eigenvalue weighted by Crippen LogP contribution is -2.16. The summed E-state index contributed by atoms with van der Waals surface area (Å²) < 4.78 is 5.21. The molecule has 1 saturated carbocycles. The number of nitrogens with one attached hydrogen (secondary N) is 1. The van der Waals surface area contributed by atoms with Gasteiger partial charge in [-0.15, -0.1) is 0 Å². The van der Waals surface area contributed by atoms with Crippen LogP contribution in [0.25, 0.3) is 11.5 Å². The van der Waals surface area contributed by atoms with Crippen LogP contribution in [0.15, 0.2) is 22.9 Å². The molecule has 94 valence electrons. The summed E-state index contributed by atoms with van der Waals surface area (Å²) in [5.74, 6) is 2.04. The molecule has 2 aromatic rings. The first-order valence-corrected chi connectivity index (χ1v) is 6.28. The van der Waals surface area contributed by atoms with Crippen molar-refractivity contribution in [3.8, 4) is 11.5 Å². The number of nitrogens with zero attached hydrogens (tertiary/aromatic N) is 3. The quantitative estimate of drug-likeness (QED) is 0.870. The Balaban J connectivity index is 1.66. The first-order valence-electron chi connectivity index (χ1n) is 6.28. The fraction of sp³-hybridized carbons (Fsp3) is 0.462. The number of pyridine rings is 1. The minimum Gasteiger partial charge on any atom is -0.337 e. The summed E-state index contributed by atoms with van der Waals surface area (Å²) in [6, 6.07) is 3.89. The van der Waals surface area contributed by atoms with Crippen molar-refractivity contribution < 1.29 is 4.52 Å². The van der Waals surface area contributed by atoms with Crippen LogP contribution in [0.5, 0.6) is 0 Å². The molecule has 0 amide bonds. The highest BCUT2D eigenvalue weighted by Gasteiger charge is 2.20. The van der Waals surface area contributed by atoms with Crippen molar-refractivity contribution in [3.05, 3.63) is 29.8 Å². The first kappa shape index (κ1) is 11.3. The van der Waals surface area contributed by atoms with Crippen molar-refractivity contribution in [2.75, 3.05) is 6.54 Å². The molecular weight excluding hydrogens is 228 g/mol. The normalized spacial score (nSPS) is 14.9. The second kappa shape index (κ2) is 4.86. The van der Waals surface area contributed by atoms with Gasteiger partial charge < -0.3 is 9.84 Å². The highest BCUT2D eigenvalue weighted by molar-refractivity contribution is 5.52. The van der Waals surface area contributed by atoms with E-state index in [1.165, 1.54) is 12.8 Å². The van der Waals surface area contributed by atoms with E-state index in [1.807, 2.05) is 19.1 Å². The van der Waals surface area contributed by atoms with Crippen LogP contribution >= 0.6 is 0 Å². The van der Waals surface area contributed by atoms with Gasteiger partial charge in [-0.2, -0.15) is 4.98 Å². The smallest absolute Gasteiger partial charge is 0.240 e. The Labute approximate surface area is 106 Å². The van der Waals surface area contributed by atoms with E-state index in [1.54, 1.807) is 6.20 Å². The van der Waals surface area contributed by atoms with Gasteiger partial charge in [-0.25, -0.2) is 0 Å². The SMILES string of the molecule is Cc1cccnc1-c1noc(CNCC2CC2)n1. The van der Waals surface area contributed by atoms with E-state index in [2.05, 4.69) is 20.4 Å². The predicted molar refractivity (Wildman–Crippen MR) is 66.7 cm³/mol. The summed E-state index contributed by atoms with van der Waals surface area (Å²) in [6.45, 7) is 3.67. The highest BCUT2D eigenvalue weighted by atomic mass is 16.5. The summed E-state index contributed by atoms with van der Waals surface area (Å²) in [5, 5.41) is 7.30. The zero-order chi connectivity index (χ0) is 12.4. The van der Waals surface area contributed by atoms with Gasteiger partial charge in [0.2, 0.25) is 11.7 Å². The van der Waals surface area contributed by atoms with Crippen molar-refractivity contribution in [1.82, 2.24) is 20.4 Å². The van der Waals surface area contributed by atoms with E-state index in [9.17, 15) is 0 Å². The molecule has 0 radical (unpaired) electrons. The summed E-state index contributed by atoms with van der Waals surface area (Å²) in [7, 11) is 0. The lowest BCUT2D eigenvalue weighted by molar-refractivity contribution is 0.367. The average molecular weight is 244 g/mol. The minimum atomic E-state index is 0.566. The Morgan fingerprint density at radius 2 is 2.33 bits per heavy atom. The Kier molecular flexibility index (Phi) is 3.06. The molecule has 0 bridgehead atoms. The van der Waals surface area contributed by atoms with Crippen molar-refractivity contribution in [3.63, 3.8) is 0 Å². The molecule has 1 fully saturated rings. The van der Waals surface area contributed by atoms with Crippen LogP contribution in [-0.4, -0.2) is 21.7 Å². The molecule has 5 heteroatoms. The summed E-state index contributed by atoms with van der Waals surface area (Å²) >= 11 is 0. The standard InChI is InChI=1S/C13H16N4O/c1-9-3-2-6-15-12(9)13-16-11(18-17-13)8-14-7-10-4-5-10/h2-3,6,10,14H,4-5,7-8H2,1H3. The first-order chi connectivity index (χ1) is 8.83. The Morgan fingerprint density at radius 1 is 1.44 bits per heavy atom. The third-order valence-corrected chi connectivity index (χ3v) is 3.10. The number of hydrogen-bond acceptors (Lipinski definition) is 5. The lowest BCUT2D eigenvalue weighted by atomic mass is 10.2. The lowest BCUT2D eigenvalue weighted by Gasteiger charge is -1.98. The number of hydrogen-bond donors (Lipinski definition) is 1. The molecule has 0 atom stereocenters. The molecule has 0 saturated heterocycles. The monoisotopic (exact) mass is 244 g/mol. The van der Waals surface area contributed by atoms with Crippen molar-refractivity contribution in [2.45, 2.75) is 26.3 Å². The molecule has 0 aliphatic heterocycles. The summed E-state index contributed by atoms with van der Waals surface area (Å²) in [6.07, 6.45) is 4.42. The van der Waals surface area contributed by atoms with E-state index in [4.69, 9.17) is 4.52 Å². The van der Waals surface area contributed by atoms with Gasteiger partial charge in [0.15, 0.2) is 0 Å². The molecule has 1 aliphatic carbocycles. The van der Waals surface area contributed by atoms with E-state index in [0.29, 0.717) is 18.3 Å². The van der Waals surface area contributed by atoms with Crippen LogP contribution in [-0.2, 0) is 6.54 Å². The maximum absolute atomic E-state index is 5.21. The fourth-order valence-electron chi connectivity index (χ4n) is 1.85. The molecule has 0 aromatic carbocycles. The largest absolute Gasteiger partial charge is 0.337 e. The van der Waals surface area contributed by atoms with Gasteiger partial charge in [0.05, 0.1) is 6.54 Å². The predicted octanol–water partition coefficient (Wildman–Crippen LogP) is 1.94. The minimum absolute atomic E-state index is 0.566. The van der Waals surface area contributed by atoms with Gasteiger partial charge in [-0.1, -0.05) is 11.2 Å². The van der Waals surface area contributed by atoms with Crippen LogP contribution in [0.4, 0.5) is 0 Å². The van der Waals surface area contributed by atoms with Crippen LogP contribution in [0.1, 0.15) is 24.3 Å². The van der Waals surface area contributed by atoms with Crippen LogP contribution in [0.3, 0.4) is 0 Å².